The minimum atomic E-state index is 0.252. The van der Waals surface area contributed by atoms with Crippen molar-refractivity contribution in [2.24, 2.45) is 5.92 Å². The topological polar surface area (TPSA) is 61.3 Å². The maximum absolute atomic E-state index is 9.39. The molecule has 6 heteroatoms. The third-order valence-corrected chi connectivity index (χ3v) is 5.08. The average Bonchev–Trinajstić information content (AvgIpc) is 2.66. The highest BCUT2D eigenvalue weighted by Crippen LogP contribution is 2.22. The second-order valence-electron chi connectivity index (χ2n) is 6.56. The van der Waals surface area contributed by atoms with E-state index in [0.717, 1.165) is 61.4 Å². The summed E-state index contributed by atoms with van der Waals surface area (Å²) in [6.45, 7) is 3.00. The minimum absolute atomic E-state index is 0.252. The lowest BCUT2D eigenvalue weighted by atomic mass is 9.99. The van der Waals surface area contributed by atoms with E-state index in [1.807, 2.05) is 12.1 Å². The summed E-state index contributed by atoms with van der Waals surface area (Å²) >= 11 is 3.51. The quantitative estimate of drug-likeness (QED) is 0.691. The van der Waals surface area contributed by atoms with Crippen molar-refractivity contribution in [3.63, 3.8) is 0 Å². The van der Waals surface area contributed by atoms with Gasteiger partial charge in [-0.15, -0.1) is 0 Å². The van der Waals surface area contributed by atoms with E-state index in [1.165, 1.54) is 5.56 Å². The Balaban J connectivity index is 1.50. The number of anilines is 2. The fourth-order valence-corrected chi connectivity index (χ4v) is 3.69. The summed E-state index contributed by atoms with van der Waals surface area (Å²) in [5.74, 6) is 2.17. The molecule has 0 radical (unpaired) electrons. The van der Waals surface area contributed by atoms with Gasteiger partial charge >= 0.3 is 0 Å². The van der Waals surface area contributed by atoms with Crippen LogP contribution < -0.4 is 10.2 Å². The van der Waals surface area contributed by atoms with Crippen molar-refractivity contribution in [2.75, 3.05) is 36.5 Å². The molecule has 1 aromatic heterocycles. The Bertz CT molecular complexity index is 682. The molecule has 0 saturated carbocycles. The van der Waals surface area contributed by atoms with Gasteiger partial charge in [-0.2, -0.15) is 0 Å². The van der Waals surface area contributed by atoms with Crippen LogP contribution in [0.3, 0.4) is 0 Å². The number of benzene rings is 1. The van der Waals surface area contributed by atoms with Crippen LogP contribution in [0.4, 0.5) is 11.6 Å². The van der Waals surface area contributed by atoms with Crippen molar-refractivity contribution < 1.29 is 5.11 Å². The van der Waals surface area contributed by atoms with E-state index in [2.05, 4.69) is 54.3 Å². The zero-order chi connectivity index (χ0) is 17.5. The summed E-state index contributed by atoms with van der Waals surface area (Å²) in [7, 11) is 0. The average molecular weight is 405 g/mol. The molecule has 0 spiro atoms. The fraction of sp³-hybridized carbons (Fsp3) is 0.474. The van der Waals surface area contributed by atoms with Gasteiger partial charge in [0.2, 0.25) is 0 Å². The van der Waals surface area contributed by atoms with E-state index < -0.39 is 0 Å². The van der Waals surface area contributed by atoms with Gasteiger partial charge in [0.1, 0.15) is 18.0 Å². The van der Waals surface area contributed by atoms with E-state index in [0.29, 0.717) is 5.92 Å². The Labute approximate surface area is 157 Å². The number of aliphatic hydroxyl groups excluding tert-OH is 1. The molecular weight excluding hydrogens is 380 g/mol. The van der Waals surface area contributed by atoms with Gasteiger partial charge < -0.3 is 15.3 Å². The van der Waals surface area contributed by atoms with Crippen LogP contribution in [-0.4, -0.2) is 41.3 Å². The normalized spacial score (nSPS) is 17.5. The monoisotopic (exact) mass is 404 g/mol. The molecule has 1 saturated heterocycles. The molecule has 1 aromatic carbocycles. The number of hydrogen-bond acceptors (Lipinski definition) is 5. The standard InChI is InChI=1S/C19H25BrN4O/c20-17-7-1-4-15(10-17)5-2-8-21-18-11-19(23-14-22-18)24-9-3-6-16(12-24)13-25/h1,4,7,10-11,14,16,25H,2-3,5-6,8-9,12-13H2,(H,21,22,23). The van der Waals surface area contributed by atoms with Crippen LogP contribution in [0.2, 0.25) is 0 Å². The predicted molar refractivity (Wildman–Crippen MR) is 105 cm³/mol. The Kier molecular flexibility index (Phi) is 6.64. The first-order valence-electron chi connectivity index (χ1n) is 8.91. The molecule has 1 aliphatic heterocycles. The second-order valence-corrected chi connectivity index (χ2v) is 7.47. The van der Waals surface area contributed by atoms with Gasteiger partial charge in [-0.25, -0.2) is 9.97 Å². The third kappa shape index (κ3) is 5.41. The number of aliphatic hydroxyl groups is 1. The summed E-state index contributed by atoms with van der Waals surface area (Å²) < 4.78 is 1.13. The highest BCUT2D eigenvalue weighted by molar-refractivity contribution is 9.10. The van der Waals surface area contributed by atoms with E-state index in [1.54, 1.807) is 6.33 Å². The zero-order valence-corrected chi connectivity index (χ0v) is 16.0. The summed E-state index contributed by atoms with van der Waals surface area (Å²) in [5, 5.41) is 12.8. The molecular formula is C19H25BrN4O. The summed E-state index contributed by atoms with van der Waals surface area (Å²) in [6.07, 6.45) is 5.90. The lowest BCUT2D eigenvalue weighted by Crippen LogP contribution is -2.37. The van der Waals surface area contributed by atoms with E-state index in [4.69, 9.17) is 0 Å². The van der Waals surface area contributed by atoms with Crippen molar-refractivity contribution in [1.29, 1.82) is 0 Å². The molecule has 0 amide bonds. The van der Waals surface area contributed by atoms with Crippen molar-refractivity contribution in [3.05, 3.63) is 46.7 Å². The molecule has 0 aliphatic carbocycles. The summed E-state index contributed by atoms with van der Waals surface area (Å²) in [4.78, 5) is 11.0. The molecule has 134 valence electrons. The van der Waals surface area contributed by atoms with Gasteiger partial charge in [-0.3, -0.25) is 0 Å². The lowest BCUT2D eigenvalue weighted by molar-refractivity contribution is 0.208. The Morgan fingerprint density at radius 2 is 2.20 bits per heavy atom. The zero-order valence-electron chi connectivity index (χ0n) is 14.4. The van der Waals surface area contributed by atoms with E-state index in [-0.39, 0.29) is 6.61 Å². The predicted octanol–water partition coefficient (Wildman–Crippen LogP) is 3.49. The Morgan fingerprint density at radius 3 is 3.04 bits per heavy atom. The number of aryl methyl sites for hydroxylation is 1. The van der Waals surface area contributed by atoms with Crippen molar-refractivity contribution in [1.82, 2.24) is 9.97 Å². The number of hydrogen-bond donors (Lipinski definition) is 2. The maximum atomic E-state index is 9.39. The van der Waals surface area contributed by atoms with Crippen LogP contribution in [0.1, 0.15) is 24.8 Å². The van der Waals surface area contributed by atoms with Crippen LogP contribution in [0, 0.1) is 5.92 Å². The number of rotatable bonds is 7. The minimum Gasteiger partial charge on any atom is -0.396 e. The first-order chi connectivity index (χ1) is 12.2. The van der Waals surface area contributed by atoms with Crippen molar-refractivity contribution in [3.8, 4) is 0 Å². The molecule has 1 aliphatic rings. The summed E-state index contributed by atoms with van der Waals surface area (Å²) in [5.41, 5.74) is 1.34. The molecule has 0 bridgehead atoms. The van der Waals surface area contributed by atoms with Crippen LogP contribution >= 0.6 is 15.9 Å². The molecule has 2 heterocycles. The van der Waals surface area contributed by atoms with Crippen molar-refractivity contribution in [2.45, 2.75) is 25.7 Å². The fourth-order valence-electron chi connectivity index (χ4n) is 3.24. The van der Waals surface area contributed by atoms with Crippen LogP contribution in [0.15, 0.2) is 41.1 Å². The molecule has 5 nitrogen and oxygen atoms in total. The van der Waals surface area contributed by atoms with Gasteiger partial charge in [0, 0.05) is 36.8 Å². The Hall–Kier alpha value is -1.66. The van der Waals surface area contributed by atoms with Gasteiger partial charge in [0.25, 0.3) is 0 Å². The first-order valence-corrected chi connectivity index (χ1v) is 9.70. The summed E-state index contributed by atoms with van der Waals surface area (Å²) in [6, 6.07) is 10.4. The number of nitrogens with one attached hydrogen (secondary N) is 1. The van der Waals surface area contributed by atoms with Crippen LogP contribution in [-0.2, 0) is 6.42 Å². The van der Waals surface area contributed by atoms with Gasteiger partial charge in [0.05, 0.1) is 0 Å². The first kappa shape index (κ1) is 18.1. The van der Waals surface area contributed by atoms with Crippen molar-refractivity contribution >= 4 is 27.6 Å². The maximum Gasteiger partial charge on any atom is 0.134 e. The Morgan fingerprint density at radius 1 is 1.28 bits per heavy atom. The van der Waals surface area contributed by atoms with Crippen LogP contribution in [0.25, 0.3) is 0 Å². The number of nitrogens with zero attached hydrogens (tertiary/aromatic N) is 3. The highest BCUT2D eigenvalue weighted by Gasteiger charge is 2.20. The number of aromatic nitrogens is 2. The smallest absolute Gasteiger partial charge is 0.134 e. The second kappa shape index (κ2) is 9.15. The van der Waals surface area contributed by atoms with Gasteiger partial charge in [-0.1, -0.05) is 28.1 Å². The number of piperidine rings is 1. The number of halogens is 1. The molecule has 2 N–H and O–H groups in total. The third-order valence-electron chi connectivity index (χ3n) is 4.59. The van der Waals surface area contributed by atoms with Gasteiger partial charge in [-0.05, 0) is 49.3 Å². The highest BCUT2D eigenvalue weighted by atomic mass is 79.9. The molecule has 3 rings (SSSR count). The van der Waals surface area contributed by atoms with E-state index >= 15 is 0 Å². The molecule has 2 aromatic rings. The molecule has 25 heavy (non-hydrogen) atoms. The van der Waals surface area contributed by atoms with Crippen LogP contribution in [0.5, 0.6) is 0 Å². The lowest BCUT2D eigenvalue weighted by Gasteiger charge is -2.32. The molecule has 1 fully saturated rings. The van der Waals surface area contributed by atoms with Gasteiger partial charge in [0.15, 0.2) is 0 Å². The largest absolute Gasteiger partial charge is 0.396 e. The molecule has 1 atom stereocenters. The SMILES string of the molecule is OCC1CCCN(c2cc(NCCCc3cccc(Br)c3)ncn2)C1. The van der Waals surface area contributed by atoms with E-state index in [9.17, 15) is 5.11 Å². The molecule has 1 unspecified atom stereocenters.